The first-order valence-electron chi connectivity index (χ1n) is 5.25. The lowest BCUT2D eigenvalue weighted by atomic mass is 9.88. The summed E-state index contributed by atoms with van der Waals surface area (Å²) >= 11 is 0. The van der Waals surface area contributed by atoms with Crippen LogP contribution in [0.2, 0.25) is 0 Å². The van der Waals surface area contributed by atoms with Gasteiger partial charge >= 0.3 is 0 Å². The molecule has 0 aromatic carbocycles. The number of hydrogen-bond acceptors (Lipinski definition) is 3. The molecule has 0 unspecified atom stereocenters. The highest BCUT2D eigenvalue weighted by Crippen LogP contribution is 2.32. The molecule has 0 amide bonds. The molecule has 2 saturated heterocycles. The first-order valence-corrected chi connectivity index (χ1v) is 5.25. The molecule has 2 heterocycles. The number of ether oxygens (including phenoxy) is 2. The zero-order valence-electron chi connectivity index (χ0n) is 8.56. The SMILES string of the molecule is CCC1(CC)NC2(CCO1)COC2. The molecule has 2 aliphatic heterocycles. The minimum atomic E-state index is -0.0813. The van der Waals surface area contributed by atoms with Gasteiger partial charge in [0.15, 0.2) is 0 Å². The standard InChI is InChI=1S/C10H19NO2/c1-3-10(4-2)11-9(5-6-13-10)7-12-8-9/h11H,3-8H2,1-2H3. The molecular formula is C10H19NO2. The van der Waals surface area contributed by atoms with Crippen molar-refractivity contribution in [2.75, 3.05) is 19.8 Å². The summed E-state index contributed by atoms with van der Waals surface area (Å²) in [7, 11) is 0. The highest BCUT2D eigenvalue weighted by atomic mass is 16.5. The molecule has 2 aliphatic rings. The van der Waals surface area contributed by atoms with Crippen LogP contribution < -0.4 is 5.32 Å². The fourth-order valence-corrected chi connectivity index (χ4v) is 2.22. The van der Waals surface area contributed by atoms with Crippen molar-refractivity contribution in [3.05, 3.63) is 0 Å². The average molecular weight is 185 g/mol. The van der Waals surface area contributed by atoms with Crippen LogP contribution in [0.25, 0.3) is 0 Å². The van der Waals surface area contributed by atoms with Crippen LogP contribution in [0.5, 0.6) is 0 Å². The monoisotopic (exact) mass is 185 g/mol. The first kappa shape index (κ1) is 9.44. The van der Waals surface area contributed by atoms with E-state index in [4.69, 9.17) is 9.47 Å². The summed E-state index contributed by atoms with van der Waals surface area (Å²) in [5.41, 5.74) is 0.159. The lowest BCUT2D eigenvalue weighted by molar-refractivity contribution is -0.198. The van der Waals surface area contributed by atoms with Gasteiger partial charge in [-0.1, -0.05) is 13.8 Å². The Morgan fingerprint density at radius 3 is 2.38 bits per heavy atom. The normalized spacial score (nSPS) is 30.0. The van der Waals surface area contributed by atoms with Crippen molar-refractivity contribution in [1.82, 2.24) is 5.32 Å². The molecule has 0 radical (unpaired) electrons. The van der Waals surface area contributed by atoms with Crippen molar-refractivity contribution in [3.8, 4) is 0 Å². The topological polar surface area (TPSA) is 30.5 Å². The highest BCUT2D eigenvalue weighted by molar-refractivity contribution is 5.01. The van der Waals surface area contributed by atoms with Crippen molar-refractivity contribution in [3.63, 3.8) is 0 Å². The van der Waals surface area contributed by atoms with Crippen LogP contribution in [0.15, 0.2) is 0 Å². The Kier molecular flexibility index (Phi) is 2.34. The van der Waals surface area contributed by atoms with E-state index in [0.29, 0.717) is 0 Å². The van der Waals surface area contributed by atoms with Crippen molar-refractivity contribution in [1.29, 1.82) is 0 Å². The fourth-order valence-electron chi connectivity index (χ4n) is 2.22. The minimum absolute atomic E-state index is 0.0813. The van der Waals surface area contributed by atoms with Crippen LogP contribution in [-0.4, -0.2) is 31.1 Å². The Bertz CT molecular complexity index is 185. The van der Waals surface area contributed by atoms with Crippen LogP contribution in [-0.2, 0) is 9.47 Å². The number of nitrogens with one attached hydrogen (secondary N) is 1. The Hall–Kier alpha value is -0.120. The Labute approximate surface area is 79.8 Å². The second kappa shape index (κ2) is 3.23. The Morgan fingerprint density at radius 2 is 1.92 bits per heavy atom. The van der Waals surface area contributed by atoms with Crippen molar-refractivity contribution in [2.24, 2.45) is 0 Å². The zero-order chi connectivity index (χ0) is 9.36. The van der Waals surface area contributed by atoms with Gasteiger partial charge in [0.1, 0.15) is 5.72 Å². The second-order valence-electron chi connectivity index (χ2n) is 4.20. The molecule has 2 fully saturated rings. The van der Waals surface area contributed by atoms with Gasteiger partial charge in [-0.15, -0.1) is 0 Å². The minimum Gasteiger partial charge on any atom is -0.377 e. The van der Waals surface area contributed by atoms with E-state index in [2.05, 4.69) is 19.2 Å². The van der Waals surface area contributed by atoms with Gasteiger partial charge in [-0.3, -0.25) is 5.32 Å². The van der Waals surface area contributed by atoms with Gasteiger partial charge in [0.05, 0.1) is 25.4 Å². The van der Waals surface area contributed by atoms with Crippen LogP contribution in [0.4, 0.5) is 0 Å². The molecule has 2 rings (SSSR count). The molecule has 13 heavy (non-hydrogen) atoms. The summed E-state index contributed by atoms with van der Waals surface area (Å²) in [5, 5.41) is 3.63. The smallest absolute Gasteiger partial charge is 0.119 e. The van der Waals surface area contributed by atoms with Crippen molar-refractivity contribution >= 4 is 0 Å². The van der Waals surface area contributed by atoms with Crippen molar-refractivity contribution in [2.45, 2.75) is 44.4 Å². The Balaban J connectivity index is 2.05. The van der Waals surface area contributed by atoms with Gasteiger partial charge in [-0.2, -0.15) is 0 Å². The summed E-state index contributed by atoms with van der Waals surface area (Å²) in [4.78, 5) is 0. The van der Waals surface area contributed by atoms with E-state index in [9.17, 15) is 0 Å². The first-order chi connectivity index (χ1) is 6.24. The van der Waals surface area contributed by atoms with Gasteiger partial charge in [-0.25, -0.2) is 0 Å². The van der Waals surface area contributed by atoms with E-state index >= 15 is 0 Å². The molecule has 0 atom stereocenters. The molecule has 0 aromatic heterocycles. The molecule has 3 nitrogen and oxygen atoms in total. The second-order valence-corrected chi connectivity index (χ2v) is 4.20. The summed E-state index contributed by atoms with van der Waals surface area (Å²) in [6.07, 6.45) is 3.16. The molecule has 3 heteroatoms. The molecule has 0 aliphatic carbocycles. The van der Waals surface area contributed by atoms with Gasteiger partial charge < -0.3 is 9.47 Å². The largest absolute Gasteiger partial charge is 0.377 e. The van der Waals surface area contributed by atoms with Gasteiger partial charge in [0, 0.05) is 0 Å². The van der Waals surface area contributed by atoms with E-state index in [1.807, 2.05) is 0 Å². The number of rotatable bonds is 2. The molecule has 0 saturated carbocycles. The zero-order valence-corrected chi connectivity index (χ0v) is 8.56. The summed E-state index contributed by atoms with van der Waals surface area (Å²) in [5.74, 6) is 0. The maximum absolute atomic E-state index is 5.83. The van der Waals surface area contributed by atoms with Gasteiger partial charge in [-0.05, 0) is 19.3 Å². The van der Waals surface area contributed by atoms with Crippen molar-refractivity contribution < 1.29 is 9.47 Å². The molecule has 1 spiro atoms. The van der Waals surface area contributed by atoms with E-state index < -0.39 is 0 Å². The van der Waals surface area contributed by atoms with E-state index in [1.165, 1.54) is 0 Å². The quantitative estimate of drug-likeness (QED) is 0.703. The van der Waals surface area contributed by atoms with E-state index in [-0.39, 0.29) is 11.3 Å². The highest BCUT2D eigenvalue weighted by Gasteiger charge is 2.47. The van der Waals surface area contributed by atoms with Crippen LogP contribution in [0, 0.1) is 0 Å². The molecule has 0 bridgehead atoms. The molecule has 76 valence electrons. The summed E-state index contributed by atoms with van der Waals surface area (Å²) in [6.45, 7) is 6.94. The lowest BCUT2D eigenvalue weighted by Gasteiger charge is -2.52. The molecule has 0 aromatic rings. The predicted octanol–water partition coefficient (Wildman–Crippen LogP) is 1.28. The lowest BCUT2D eigenvalue weighted by Crippen LogP contribution is -2.71. The fraction of sp³-hybridized carbons (Fsp3) is 1.00. The van der Waals surface area contributed by atoms with Crippen LogP contribution in [0.3, 0.4) is 0 Å². The maximum atomic E-state index is 5.83. The maximum Gasteiger partial charge on any atom is 0.119 e. The third-order valence-electron chi connectivity index (χ3n) is 3.35. The molecular weight excluding hydrogens is 166 g/mol. The van der Waals surface area contributed by atoms with Gasteiger partial charge in [0.25, 0.3) is 0 Å². The Morgan fingerprint density at radius 1 is 1.23 bits per heavy atom. The summed E-state index contributed by atoms with van der Waals surface area (Å²) < 4.78 is 11.1. The van der Waals surface area contributed by atoms with E-state index in [1.54, 1.807) is 0 Å². The van der Waals surface area contributed by atoms with Crippen LogP contribution in [0.1, 0.15) is 33.1 Å². The van der Waals surface area contributed by atoms with E-state index in [0.717, 1.165) is 39.1 Å². The third kappa shape index (κ3) is 1.49. The molecule has 1 N–H and O–H groups in total. The van der Waals surface area contributed by atoms with Crippen LogP contribution >= 0.6 is 0 Å². The summed E-state index contributed by atoms with van der Waals surface area (Å²) in [6, 6.07) is 0. The average Bonchev–Trinajstić information content (AvgIpc) is 2.15. The predicted molar refractivity (Wildman–Crippen MR) is 50.6 cm³/mol. The third-order valence-corrected chi connectivity index (χ3v) is 3.35. The number of hydrogen-bond donors (Lipinski definition) is 1. The van der Waals surface area contributed by atoms with Gasteiger partial charge in [0.2, 0.25) is 0 Å².